The van der Waals surface area contributed by atoms with Gasteiger partial charge in [-0.2, -0.15) is 0 Å². The molecule has 0 radical (unpaired) electrons. The number of amides is 1. The molecule has 1 aliphatic rings. The Labute approximate surface area is 123 Å². The number of hydroxylamine groups is 2. The quantitative estimate of drug-likeness (QED) is 0.778. The van der Waals surface area contributed by atoms with Gasteiger partial charge < -0.3 is 4.53 Å². The molecule has 1 unspecified atom stereocenters. The third-order valence-corrected chi connectivity index (χ3v) is 8.74. The van der Waals surface area contributed by atoms with Gasteiger partial charge in [-0.1, -0.05) is 51.1 Å². The molecule has 1 aromatic carbocycles. The molecule has 1 aromatic rings. The van der Waals surface area contributed by atoms with Crippen LogP contribution in [-0.2, 0) is 9.32 Å². The Morgan fingerprint density at radius 3 is 2.35 bits per heavy atom. The Kier molecular flexibility index (Phi) is 4.07. The standard InChI is InChI=1S/C16H25NO2Si/c1-16(2,3)20(4,5)19-17-14(11-12-15(17)18)13-9-7-6-8-10-13/h6-10,14H,11-12H2,1-5H3. The van der Waals surface area contributed by atoms with Crippen LogP contribution in [0.25, 0.3) is 0 Å². The first-order valence-corrected chi connectivity index (χ1v) is 10.2. The number of rotatable bonds is 3. The van der Waals surface area contributed by atoms with E-state index in [-0.39, 0.29) is 17.0 Å². The minimum atomic E-state index is -1.98. The van der Waals surface area contributed by atoms with Crippen LogP contribution in [-0.4, -0.2) is 19.3 Å². The number of carbonyl (C=O) groups is 1. The van der Waals surface area contributed by atoms with Crippen molar-refractivity contribution in [2.24, 2.45) is 0 Å². The fraction of sp³-hybridized carbons (Fsp3) is 0.562. The summed E-state index contributed by atoms with van der Waals surface area (Å²) >= 11 is 0. The van der Waals surface area contributed by atoms with E-state index in [0.717, 1.165) is 12.0 Å². The molecule has 0 spiro atoms. The molecule has 3 nitrogen and oxygen atoms in total. The Balaban J connectivity index is 2.22. The van der Waals surface area contributed by atoms with Gasteiger partial charge in [0.15, 0.2) is 0 Å². The lowest BCUT2D eigenvalue weighted by atomic mass is 10.1. The van der Waals surface area contributed by atoms with Gasteiger partial charge in [0, 0.05) is 6.42 Å². The second-order valence-corrected chi connectivity index (χ2v) is 11.7. The Hall–Kier alpha value is -1.13. The van der Waals surface area contributed by atoms with Gasteiger partial charge in [-0.05, 0) is 30.1 Å². The van der Waals surface area contributed by atoms with Gasteiger partial charge in [-0.25, -0.2) is 5.06 Å². The van der Waals surface area contributed by atoms with Crippen LogP contribution in [0.15, 0.2) is 30.3 Å². The van der Waals surface area contributed by atoms with E-state index in [0.29, 0.717) is 6.42 Å². The molecule has 0 bridgehead atoms. The predicted octanol–water partition coefficient (Wildman–Crippen LogP) is 4.29. The highest BCUT2D eigenvalue weighted by Crippen LogP contribution is 2.41. The maximum absolute atomic E-state index is 12.2. The van der Waals surface area contributed by atoms with Crippen LogP contribution < -0.4 is 0 Å². The van der Waals surface area contributed by atoms with E-state index in [4.69, 9.17) is 4.53 Å². The van der Waals surface area contributed by atoms with Crippen molar-refractivity contribution in [2.45, 2.75) is 57.8 Å². The van der Waals surface area contributed by atoms with Gasteiger partial charge in [0.05, 0.1) is 6.04 Å². The van der Waals surface area contributed by atoms with E-state index < -0.39 is 8.32 Å². The van der Waals surface area contributed by atoms with Crippen LogP contribution in [0.3, 0.4) is 0 Å². The van der Waals surface area contributed by atoms with Gasteiger partial charge in [-0.15, -0.1) is 0 Å². The van der Waals surface area contributed by atoms with Gasteiger partial charge >= 0.3 is 0 Å². The molecule has 4 heteroatoms. The van der Waals surface area contributed by atoms with Crippen LogP contribution >= 0.6 is 0 Å². The Bertz CT molecular complexity index is 479. The lowest BCUT2D eigenvalue weighted by Crippen LogP contribution is -2.47. The molecule has 1 amide bonds. The highest BCUT2D eigenvalue weighted by atomic mass is 28.4. The van der Waals surface area contributed by atoms with Crippen LogP contribution in [0, 0.1) is 0 Å². The van der Waals surface area contributed by atoms with E-state index >= 15 is 0 Å². The Morgan fingerprint density at radius 2 is 1.80 bits per heavy atom. The fourth-order valence-electron chi connectivity index (χ4n) is 2.14. The van der Waals surface area contributed by atoms with Gasteiger partial charge in [0.25, 0.3) is 0 Å². The lowest BCUT2D eigenvalue weighted by Gasteiger charge is -2.40. The molecule has 110 valence electrons. The fourth-order valence-corrected chi connectivity index (χ4v) is 3.13. The molecule has 1 aliphatic heterocycles. The lowest BCUT2D eigenvalue weighted by molar-refractivity contribution is -0.160. The van der Waals surface area contributed by atoms with E-state index in [1.54, 1.807) is 5.06 Å². The molecular weight excluding hydrogens is 266 g/mol. The van der Waals surface area contributed by atoms with Gasteiger partial charge in [0.2, 0.25) is 14.2 Å². The Morgan fingerprint density at radius 1 is 1.20 bits per heavy atom. The second kappa shape index (κ2) is 5.33. The molecule has 1 fully saturated rings. The molecule has 1 saturated heterocycles. The van der Waals surface area contributed by atoms with Crippen LogP contribution in [0.4, 0.5) is 0 Å². The summed E-state index contributed by atoms with van der Waals surface area (Å²) in [4.78, 5) is 12.2. The summed E-state index contributed by atoms with van der Waals surface area (Å²) in [5.74, 6) is 0.115. The summed E-state index contributed by atoms with van der Waals surface area (Å²) < 4.78 is 6.27. The first-order valence-electron chi connectivity index (χ1n) is 7.28. The van der Waals surface area contributed by atoms with Crippen molar-refractivity contribution in [3.05, 3.63) is 35.9 Å². The molecule has 0 saturated carbocycles. The predicted molar refractivity (Wildman–Crippen MR) is 83.5 cm³/mol. The summed E-state index contributed by atoms with van der Waals surface area (Å²) in [5, 5.41) is 1.75. The van der Waals surface area contributed by atoms with Crippen LogP contribution in [0.2, 0.25) is 18.1 Å². The molecule has 20 heavy (non-hydrogen) atoms. The summed E-state index contributed by atoms with van der Waals surface area (Å²) in [7, 11) is -1.98. The molecule has 1 atom stereocenters. The summed E-state index contributed by atoms with van der Waals surface area (Å²) in [5.41, 5.74) is 1.16. The molecule has 2 rings (SSSR count). The zero-order valence-electron chi connectivity index (χ0n) is 13.1. The minimum absolute atomic E-state index is 0.0674. The largest absolute Gasteiger partial charge is 0.316 e. The number of carbonyl (C=O) groups excluding carboxylic acids is 1. The third kappa shape index (κ3) is 2.96. The van der Waals surface area contributed by atoms with Crippen molar-refractivity contribution in [3.63, 3.8) is 0 Å². The average molecular weight is 291 g/mol. The van der Waals surface area contributed by atoms with Gasteiger partial charge in [-0.3, -0.25) is 4.79 Å². The highest BCUT2D eigenvalue weighted by Gasteiger charge is 2.44. The topological polar surface area (TPSA) is 29.5 Å². The van der Waals surface area contributed by atoms with Gasteiger partial charge in [0.1, 0.15) is 0 Å². The normalized spacial score (nSPS) is 20.6. The van der Waals surface area contributed by atoms with Crippen molar-refractivity contribution in [1.29, 1.82) is 0 Å². The monoisotopic (exact) mass is 291 g/mol. The first kappa shape index (κ1) is 15.3. The summed E-state index contributed by atoms with van der Waals surface area (Å²) in [6, 6.07) is 10.2. The minimum Gasteiger partial charge on any atom is -0.316 e. The molecule has 0 aliphatic carbocycles. The molecule has 0 N–H and O–H groups in total. The number of hydrogen-bond donors (Lipinski definition) is 0. The summed E-state index contributed by atoms with van der Waals surface area (Å²) in [6.07, 6.45) is 1.42. The average Bonchev–Trinajstić information content (AvgIpc) is 2.70. The van der Waals surface area contributed by atoms with Crippen molar-refractivity contribution in [1.82, 2.24) is 5.06 Å². The zero-order valence-corrected chi connectivity index (χ0v) is 14.1. The first-order chi connectivity index (χ1) is 9.22. The van der Waals surface area contributed by atoms with Crippen molar-refractivity contribution in [2.75, 3.05) is 0 Å². The number of hydrogen-bond acceptors (Lipinski definition) is 2. The number of benzene rings is 1. The van der Waals surface area contributed by atoms with E-state index in [1.165, 1.54) is 0 Å². The van der Waals surface area contributed by atoms with Crippen molar-refractivity contribution < 1.29 is 9.32 Å². The second-order valence-electron chi connectivity index (χ2n) is 7.04. The number of nitrogens with zero attached hydrogens (tertiary/aromatic N) is 1. The summed E-state index contributed by atoms with van der Waals surface area (Å²) in [6.45, 7) is 10.9. The van der Waals surface area contributed by atoms with E-state index in [2.05, 4.69) is 46.0 Å². The SMILES string of the molecule is CC(C)(C)[Si](C)(C)ON1C(=O)CCC1c1ccccc1. The molecule has 0 aromatic heterocycles. The van der Waals surface area contributed by atoms with E-state index in [1.807, 2.05) is 18.2 Å². The maximum atomic E-state index is 12.2. The van der Waals surface area contributed by atoms with Crippen LogP contribution in [0.5, 0.6) is 0 Å². The third-order valence-electron chi connectivity index (χ3n) is 4.48. The molecule has 1 heterocycles. The zero-order chi connectivity index (χ0) is 15.0. The highest BCUT2D eigenvalue weighted by molar-refractivity contribution is 6.74. The van der Waals surface area contributed by atoms with Crippen LogP contribution in [0.1, 0.15) is 45.2 Å². The van der Waals surface area contributed by atoms with Crippen molar-refractivity contribution in [3.8, 4) is 0 Å². The van der Waals surface area contributed by atoms with Crippen molar-refractivity contribution >= 4 is 14.2 Å². The maximum Gasteiger partial charge on any atom is 0.245 e. The smallest absolute Gasteiger partial charge is 0.245 e. The molecular formula is C16H25NO2Si. The van der Waals surface area contributed by atoms with E-state index in [9.17, 15) is 4.79 Å².